The first-order valence-electron chi connectivity index (χ1n) is 14.2. The highest BCUT2D eigenvalue weighted by Gasteiger charge is 2.41. The summed E-state index contributed by atoms with van der Waals surface area (Å²) < 4.78 is 0. The van der Waals surface area contributed by atoms with Gasteiger partial charge in [0, 0.05) is 65.4 Å². The van der Waals surface area contributed by atoms with E-state index in [0.29, 0.717) is 11.5 Å². The molecule has 1 saturated heterocycles. The summed E-state index contributed by atoms with van der Waals surface area (Å²) in [4.78, 5) is 35.0. The van der Waals surface area contributed by atoms with E-state index < -0.39 is 5.41 Å². The first-order chi connectivity index (χ1) is 18.3. The summed E-state index contributed by atoms with van der Waals surface area (Å²) in [7, 11) is 0. The van der Waals surface area contributed by atoms with Gasteiger partial charge >= 0.3 is 0 Å². The lowest BCUT2D eigenvalue weighted by molar-refractivity contribution is -0.136. The fourth-order valence-electron chi connectivity index (χ4n) is 6.93. The van der Waals surface area contributed by atoms with Gasteiger partial charge in [-0.3, -0.25) is 9.59 Å². The van der Waals surface area contributed by atoms with Crippen LogP contribution in [0.4, 0.5) is 5.69 Å². The molecular formula is C32H36N4O2. The van der Waals surface area contributed by atoms with Crippen LogP contribution in [0.1, 0.15) is 91.2 Å². The fourth-order valence-corrected chi connectivity index (χ4v) is 6.93. The van der Waals surface area contributed by atoms with Gasteiger partial charge in [0.2, 0.25) is 5.91 Å². The second kappa shape index (κ2) is 9.31. The third-order valence-electron chi connectivity index (χ3n) is 9.18. The van der Waals surface area contributed by atoms with Crippen molar-refractivity contribution in [1.29, 1.82) is 5.26 Å². The van der Waals surface area contributed by atoms with Crippen molar-refractivity contribution in [3.8, 4) is 6.07 Å². The molecule has 0 radical (unpaired) electrons. The molecule has 1 aromatic heterocycles. The van der Waals surface area contributed by atoms with Gasteiger partial charge in [0.1, 0.15) is 0 Å². The maximum atomic E-state index is 13.9. The minimum Gasteiger partial charge on any atom is -0.368 e. The molecule has 2 fully saturated rings. The SMILES string of the molecule is CCc1cc2c(cc1N1CCN(C(=O)C3CCCCC3)CC1)C(C)(C)c1[nH]c3cc(C#N)ccc3c1C2=O. The van der Waals surface area contributed by atoms with Gasteiger partial charge in [0.05, 0.1) is 17.2 Å². The Morgan fingerprint density at radius 1 is 1.08 bits per heavy atom. The number of nitriles is 1. The van der Waals surface area contributed by atoms with Crippen molar-refractivity contribution in [3.63, 3.8) is 0 Å². The second-order valence-electron chi connectivity index (χ2n) is 11.7. The van der Waals surface area contributed by atoms with Crippen LogP contribution in [-0.2, 0) is 16.6 Å². The van der Waals surface area contributed by atoms with Gasteiger partial charge in [0.15, 0.2) is 5.78 Å². The van der Waals surface area contributed by atoms with Crippen molar-refractivity contribution in [2.24, 2.45) is 5.92 Å². The lowest BCUT2D eigenvalue weighted by atomic mass is 9.70. The molecule has 1 saturated carbocycles. The van der Waals surface area contributed by atoms with E-state index in [-0.39, 0.29) is 11.7 Å². The van der Waals surface area contributed by atoms with Crippen LogP contribution in [0.15, 0.2) is 30.3 Å². The van der Waals surface area contributed by atoms with Gasteiger partial charge < -0.3 is 14.8 Å². The van der Waals surface area contributed by atoms with Crippen LogP contribution in [-0.4, -0.2) is 47.8 Å². The molecule has 6 rings (SSSR count). The quantitative estimate of drug-likeness (QED) is 0.492. The highest BCUT2D eigenvalue weighted by Crippen LogP contribution is 2.46. The number of piperazine rings is 1. The molecule has 0 unspecified atom stereocenters. The van der Waals surface area contributed by atoms with E-state index in [1.54, 1.807) is 6.07 Å². The smallest absolute Gasteiger partial charge is 0.225 e. The molecule has 1 aliphatic heterocycles. The van der Waals surface area contributed by atoms with Crippen LogP contribution in [0.25, 0.3) is 10.9 Å². The second-order valence-corrected chi connectivity index (χ2v) is 11.7. The number of ketones is 1. The van der Waals surface area contributed by atoms with E-state index in [1.807, 2.05) is 12.1 Å². The summed E-state index contributed by atoms with van der Waals surface area (Å²) in [6.45, 7) is 9.63. The predicted octanol–water partition coefficient (Wildman–Crippen LogP) is 5.70. The third kappa shape index (κ3) is 3.83. The van der Waals surface area contributed by atoms with E-state index in [0.717, 1.165) is 78.7 Å². The molecule has 0 spiro atoms. The van der Waals surface area contributed by atoms with Crippen LogP contribution < -0.4 is 4.90 Å². The standard InChI is InChI=1S/C32H36N4O2/c1-4-21-17-24-25(18-27(21)35-12-14-36(15-13-35)31(38)22-8-6-5-7-9-22)32(2,3)30-28(29(24)37)23-11-10-20(19-33)16-26(23)34-30/h10-11,16-18,22,34H,4-9,12-15H2,1-3H3. The molecule has 2 aromatic carbocycles. The fraction of sp³-hybridized carbons (Fsp3) is 0.469. The molecule has 3 aliphatic rings. The number of carbonyl (C=O) groups excluding carboxylic acids is 2. The molecule has 0 atom stereocenters. The van der Waals surface area contributed by atoms with Crippen LogP contribution in [0, 0.1) is 17.2 Å². The zero-order valence-electron chi connectivity index (χ0n) is 22.7. The number of aromatic amines is 1. The van der Waals surface area contributed by atoms with E-state index in [2.05, 4.69) is 53.8 Å². The maximum Gasteiger partial charge on any atom is 0.225 e. The molecular weight excluding hydrogens is 472 g/mol. The number of benzene rings is 2. The highest BCUT2D eigenvalue weighted by molar-refractivity contribution is 6.20. The van der Waals surface area contributed by atoms with Crippen molar-refractivity contribution in [1.82, 2.24) is 9.88 Å². The lowest BCUT2D eigenvalue weighted by Crippen LogP contribution is -2.51. The zero-order chi connectivity index (χ0) is 26.6. The number of H-pyrrole nitrogens is 1. The number of carbonyl (C=O) groups is 2. The Bertz CT molecular complexity index is 1480. The van der Waals surface area contributed by atoms with Gasteiger partial charge in [-0.2, -0.15) is 5.26 Å². The number of aryl methyl sites for hydroxylation is 1. The highest BCUT2D eigenvalue weighted by atomic mass is 16.2. The Labute approximate surface area is 224 Å². The number of fused-ring (bicyclic) bond motifs is 4. The summed E-state index contributed by atoms with van der Waals surface area (Å²) in [6, 6.07) is 12.1. The molecule has 0 bridgehead atoms. The number of nitrogens with one attached hydrogen (secondary N) is 1. The molecule has 1 N–H and O–H groups in total. The van der Waals surface area contributed by atoms with Crippen LogP contribution in [0.5, 0.6) is 0 Å². The Hall–Kier alpha value is -3.59. The molecule has 3 aromatic rings. The molecule has 1 amide bonds. The lowest BCUT2D eigenvalue weighted by Gasteiger charge is -2.40. The van der Waals surface area contributed by atoms with Gasteiger partial charge in [-0.15, -0.1) is 0 Å². The van der Waals surface area contributed by atoms with Gasteiger partial charge in [-0.25, -0.2) is 0 Å². The molecule has 2 heterocycles. The predicted molar refractivity (Wildman–Crippen MR) is 150 cm³/mol. The Kier molecular flexibility index (Phi) is 6.06. The average molecular weight is 509 g/mol. The molecule has 6 heteroatoms. The van der Waals surface area contributed by atoms with Crippen molar-refractivity contribution < 1.29 is 9.59 Å². The van der Waals surface area contributed by atoms with Crippen LogP contribution >= 0.6 is 0 Å². The minimum atomic E-state index is -0.399. The van der Waals surface area contributed by atoms with Gasteiger partial charge in [-0.1, -0.05) is 46.1 Å². The summed E-state index contributed by atoms with van der Waals surface area (Å²) in [5.41, 5.74) is 6.83. The van der Waals surface area contributed by atoms with E-state index in [4.69, 9.17) is 0 Å². The number of aromatic nitrogens is 1. The Balaban J connectivity index is 1.33. The maximum absolute atomic E-state index is 13.9. The first-order valence-corrected chi connectivity index (χ1v) is 14.2. The number of rotatable bonds is 3. The van der Waals surface area contributed by atoms with E-state index in [9.17, 15) is 14.9 Å². The van der Waals surface area contributed by atoms with E-state index in [1.165, 1.54) is 30.5 Å². The van der Waals surface area contributed by atoms with Gasteiger partial charge in [0.25, 0.3) is 0 Å². The van der Waals surface area contributed by atoms with Crippen molar-refractivity contribution in [2.75, 3.05) is 31.1 Å². The minimum absolute atomic E-state index is 0.0504. The van der Waals surface area contributed by atoms with Crippen molar-refractivity contribution in [3.05, 3.63) is 63.8 Å². The molecule has 196 valence electrons. The number of hydrogen-bond donors (Lipinski definition) is 1. The number of anilines is 1. The summed E-state index contributed by atoms with van der Waals surface area (Å²) in [5, 5.41) is 10.2. The molecule has 2 aliphatic carbocycles. The monoisotopic (exact) mass is 508 g/mol. The average Bonchev–Trinajstić information content (AvgIpc) is 3.36. The van der Waals surface area contributed by atoms with Crippen molar-refractivity contribution >= 4 is 28.3 Å². The largest absolute Gasteiger partial charge is 0.368 e. The van der Waals surface area contributed by atoms with Crippen LogP contribution in [0.3, 0.4) is 0 Å². The molecule has 6 nitrogen and oxygen atoms in total. The topological polar surface area (TPSA) is 80.2 Å². The Morgan fingerprint density at radius 3 is 2.50 bits per heavy atom. The van der Waals surface area contributed by atoms with E-state index >= 15 is 0 Å². The summed E-state index contributed by atoms with van der Waals surface area (Å²) in [6.07, 6.45) is 6.54. The number of hydrogen-bond acceptors (Lipinski definition) is 4. The van der Waals surface area contributed by atoms with Gasteiger partial charge in [-0.05, 0) is 54.7 Å². The third-order valence-corrected chi connectivity index (χ3v) is 9.18. The Morgan fingerprint density at radius 2 is 1.82 bits per heavy atom. The molecule has 38 heavy (non-hydrogen) atoms. The zero-order valence-corrected chi connectivity index (χ0v) is 22.7. The van der Waals surface area contributed by atoms with Crippen LogP contribution in [0.2, 0.25) is 0 Å². The number of amides is 1. The van der Waals surface area contributed by atoms with Crippen molar-refractivity contribution in [2.45, 2.75) is 64.7 Å². The summed E-state index contributed by atoms with van der Waals surface area (Å²) >= 11 is 0. The summed E-state index contributed by atoms with van der Waals surface area (Å²) in [5.74, 6) is 0.615. The number of nitrogens with zero attached hydrogens (tertiary/aromatic N) is 3. The first kappa shape index (κ1) is 24.7. The normalized spacial score (nSPS) is 19.3.